The molecule has 0 radical (unpaired) electrons. The Labute approximate surface area is 150 Å². The molecule has 0 heterocycles. The summed E-state index contributed by atoms with van der Waals surface area (Å²) in [4.78, 5) is 11.3. The number of carboxylic acid groups (broad SMARTS) is 1. The maximum absolute atomic E-state index is 11.3. The van der Waals surface area contributed by atoms with Crippen LogP contribution in [0.5, 0.6) is 11.5 Å². The Kier molecular flexibility index (Phi) is 7.75. The molecule has 1 aromatic carbocycles. The van der Waals surface area contributed by atoms with E-state index >= 15 is 0 Å². The largest absolute Gasteiger partial charge is 0.507 e. The van der Waals surface area contributed by atoms with Crippen LogP contribution in [-0.4, -0.2) is 22.8 Å². The summed E-state index contributed by atoms with van der Waals surface area (Å²) in [5.41, 5.74) is 4.40. The van der Waals surface area contributed by atoms with Crippen LogP contribution < -0.4 is 4.74 Å². The summed E-state index contributed by atoms with van der Waals surface area (Å²) in [5, 5.41) is 19.4. The number of carboxylic acids is 1. The molecule has 4 heteroatoms. The van der Waals surface area contributed by atoms with Gasteiger partial charge in [-0.15, -0.1) is 0 Å². The van der Waals surface area contributed by atoms with Gasteiger partial charge in [0, 0.05) is 5.56 Å². The maximum atomic E-state index is 11.3. The summed E-state index contributed by atoms with van der Waals surface area (Å²) >= 11 is 0. The number of carbonyl (C=O) groups is 1. The fourth-order valence-electron chi connectivity index (χ4n) is 2.75. The van der Waals surface area contributed by atoms with Crippen LogP contribution >= 0.6 is 0 Å². The van der Waals surface area contributed by atoms with E-state index in [0.29, 0.717) is 23.5 Å². The molecular weight excluding hydrogens is 316 g/mol. The van der Waals surface area contributed by atoms with Crippen molar-refractivity contribution in [3.8, 4) is 11.5 Å². The van der Waals surface area contributed by atoms with Crippen molar-refractivity contribution < 1.29 is 19.7 Å². The molecule has 138 valence electrons. The van der Waals surface area contributed by atoms with Gasteiger partial charge in [0.2, 0.25) is 0 Å². The molecule has 0 bridgehead atoms. The van der Waals surface area contributed by atoms with Gasteiger partial charge in [0.25, 0.3) is 0 Å². The second-order valence-corrected chi connectivity index (χ2v) is 6.74. The van der Waals surface area contributed by atoms with Crippen LogP contribution in [0.1, 0.15) is 67.1 Å². The summed E-state index contributed by atoms with van der Waals surface area (Å²) in [6, 6.07) is 0. The standard InChI is InChI=1S/C21H30O4/c1-13(2)9-7-10-14(3)11-8-12-25-20-16(5)15(4)18(21(23)24)19(22)17(20)6/h9,11,22H,7-8,10,12H2,1-6H3,(H,23,24)/b14-11+. The van der Waals surface area contributed by atoms with Crippen molar-refractivity contribution in [2.24, 2.45) is 0 Å². The number of phenols is 1. The predicted molar refractivity (Wildman–Crippen MR) is 102 cm³/mol. The summed E-state index contributed by atoms with van der Waals surface area (Å²) in [6.07, 6.45) is 7.27. The van der Waals surface area contributed by atoms with E-state index in [2.05, 4.69) is 32.9 Å². The van der Waals surface area contributed by atoms with Crippen LogP contribution in [0, 0.1) is 20.8 Å². The first-order valence-corrected chi connectivity index (χ1v) is 8.64. The van der Waals surface area contributed by atoms with E-state index in [9.17, 15) is 15.0 Å². The first-order valence-electron chi connectivity index (χ1n) is 8.64. The molecule has 0 saturated carbocycles. The highest BCUT2D eigenvalue weighted by atomic mass is 16.5. The normalized spacial score (nSPS) is 11.4. The molecule has 0 amide bonds. The number of aromatic hydroxyl groups is 1. The smallest absolute Gasteiger partial charge is 0.339 e. The average molecular weight is 346 g/mol. The van der Waals surface area contributed by atoms with Gasteiger partial charge in [0.15, 0.2) is 0 Å². The lowest BCUT2D eigenvalue weighted by Crippen LogP contribution is -2.07. The van der Waals surface area contributed by atoms with Gasteiger partial charge in [-0.05, 0) is 71.9 Å². The SMILES string of the molecule is CC(C)=CCC/C(C)=C/CCOc1c(C)c(C)c(C(=O)O)c(O)c1C. The van der Waals surface area contributed by atoms with E-state index in [1.807, 2.05) is 6.92 Å². The van der Waals surface area contributed by atoms with Crippen molar-refractivity contribution in [1.29, 1.82) is 0 Å². The van der Waals surface area contributed by atoms with Crippen LogP contribution in [0.25, 0.3) is 0 Å². The molecule has 0 aliphatic rings. The van der Waals surface area contributed by atoms with Crippen LogP contribution in [0.2, 0.25) is 0 Å². The second kappa shape index (κ2) is 9.30. The molecule has 0 atom stereocenters. The monoisotopic (exact) mass is 346 g/mol. The Morgan fingerprint density at radius 3 is 2.20 bits per heavy atom. The lowest BCUT2D eigenvalue weighted by Gasteiger charge is -2.17. The number of aromatic carboxylic acids is 1. The van der Waals surface area contributed by atoms with E-state index in [1.54, 1.807) is 13.8 Å². The van der Waals surface area contributed by atoms with E-state index in [0.717, 1.165) is 24.8 Å². The van der Waals surface area contributed by atoms with Gasteiger partial charge in [-0.3, -0.25) is 0 Å². The highest BCUT2D eigenvalue weighted by molar-refractivity contribution is 5.94. The zero-order chi connectivity index (χ0) is 19.1. The lowest BCUT2D eigenvalue weighted by molar-refractivity contribution is 0.0692. The van der Waals surface area contributed by atoms with Gasteiger partial charge in [-0.1, -0.05) is 23.3 Å². The second-order valence-electron chi connectivity index (χ2n) is 6.74. The molecule has 0 fully saturated rings. The fourth-order valence-corrected chi connectivity index (χ4v) is 2.75. The summed E-state index contributed by atoms with van der Waals surface area (Å²) in [7, 11) is 0. The minimum absolute atomic E-state index is 0.0441. The maximum Gasteiger partial charge on any atom is 0.339 e. The van der Waals surface area contributed by atoms with Gasteiger partial charge in [0.1, 0.15) is 17.1 Å². The summed E-state index contributed by atoms with van der Waals surface area (Å²) in [5.74, 6) is -0.752. The van der Waals surface area contributed by atoms with Crippen molar-refractivity contribution in [2.45, 2.75) is 60.8 Å². The molecule has 0 aliphatic heterocycles. The first kappa shape index (κ1) is 20.8. The van der Waals surface area contributed by atoms with Gasteiger partial charge in [-0.2, -0.15) is 0 Å². The van der Waals surface area contributed by atoms with Gasteiger partial charge in [0.05, 0.1) is 6.61 Å². The predicted octanol–water partition coefficient (Wildman–Crippen LogP) is 5.48. The zero-order valence-electron chi connectivity index (χ0n) is 16.2. The Bertz CT molecular complexity index is 663. The highest BCUT2D eigenvalue weighted by Gasteiger charge is 2.22. The molecule has 2 N–H and O–H groups in total. The Hall–Kier alpha value is -2.23. The van der Waals surface area contributed by atoms with Gasteiger partial charge >= 0.3 is 5.97 Å². The fraction of sp³-hybridized carbons (Fsp3) is 0.476. The van der Waals surface area contributed by atoms with E-state index in [-0.39, 0.29) is 11.3 Å². The summed E-state index contributed by atoms with van der Waals surface area (Å²) in [6.45, 7) is 12.0. The highest BCUT2D eigenvalue weighted by Crippen LogP contribution is 2.37. The molecule has 1 rings (SSSR count). The van der Waals surface area contributed by atoms with Crippen molar-refractivity contribution in [2.75, 3.05) is 6.61 Å². The number of hydrogen-bond acceptors (Lipinski definition) is 3. The van der Waals surface area contributed by atoms with Crippen molar-refractivity contribution >= 4 is 5.97 Å². The first-order chi connectivity index (χ1) is 11.7. The minimum Gasteiger partial charge on any atom is -0.507 e. The quantitative estimate of drug-likeness (QED) is 0.483. The van der Waals surface area contributed by atoms with Crippen molar-refractivity contribution in [1.82, 2.24) is 0 Å². The Balaban J connectivity index is 2.76. The lowest BCUT2D eigenvalue weighted by atomic mass is 9.97. The molecule has 0 saturated heterocycles. The molecule has 1 aromatic rings. The molecule has 0 aromatic heterocycles. The molecule has 4 nitrogen and oxygen atoms in total. The summed E-state index contributed by atoms with van der Waals surface area (Å²) < 4.78 is 5.85. The van der Waals surface area contributed by atoms with Crippen LogP contribution in [0.4, 0.5) is 0 Å². The molecule has 25 heavy (non-hydrogen) atoms. The average Bonchev–Trinajstić information content (AvgIpc) is 2.51. The Morgan fingerprint density at radius 2 is 1.64 bits per heavy atom. The molecule has 0 spiro atoms. The van der Waals surface area contributed by atoms with Crippen LogP contribution in [-0.2, 0) is 0 Å². The van der Waals surface area contributed by atoms with Crippen molar-refractivity contribution in [3.63, 3.8) is 0 Å². The molecule has 0 unspecified atom stereocenters. The van der Waals surface area contributed by atoms with E-state index in [1.165, 1.54) is 11.1 Å². The number of benzene rings is 1. The van der Waals surface area contributed by atoms with Crippen LogP contribution in [0.3, 0.4) is 0 Å². The number of hydrogen-bond donors (Lipinski definition) is 2. The van der Waals surface area contributed by atoms with E-state index in [4.69, 9.17) is 4.74 Å². The molecule has 0 aliphatic carbocycles. The number of rotatable bonds is 8. The topological polar surface area (TPSA) is 66.8 Å². The number of ether oxygens (including phenoxy) is 1. The third kappa shape index (κ3) is 5.66. The number of allylic oxidation sites excluding steroid dienone is 3. The van der Waals surface area contributed by atoms with Gasteiger partial charge in [-0.25, -0.2) is 4.79 Å². The third-order valence-corrected chi connectivity index (χ3v) is 4.37. The minimum atomic E-state index is -1.12. The van der Waals surface area contributed by atoms with Gasteiger partial charge < -0.3 is 14.9 Å². The zero-order valence-corrected chi connectivity index (χ0v) is 16.2. The Morgan fingerprint density at radius 1 is 1.00 bits per heavy atom. The van der Waals surface area contributed by atoms with Crippen LogP contribution in [0.15, 0.2) is 23.3 Å². The molecular formula is C21H30O4. The van der Waals surface area contributed by atoms with Crippen molar-refractivity contribution in [3.05, 3.63) is 45.6 Å². The third-order valence-electron chi connectivity index (χ3n) is 4.37. The van der Waals surface area contributed by atoms with E-state index < -0.39 is 5.97 Å².